The van der Waals surface area contributed by atoms with Crippen molar-refractivity contribution in [3.05, 3.63) is 56.9 Å². The maximum absolute atomic E-state index is 14.0. The van der Waals surface area contributed by atoms with Crippen LogP contribution in [0.25, 0.3) is 10.2 Å². The SMILES string of the molecule is O=C(Cn1c(=O)sc2cc(S(=O)(=O)Nc3ccc(Cl)cc3F)ccc21)N1CCOCC1. The third kappa shape index (κ3) is 4.59. The van der Waals surface area contributed by atoms with Crippen molar-refractivity contribution in [1.29, 1.82) is 0 Å². The highest BCUT2D eigenvalue weighted by atomic mass is 35.5. The molecule has 0 unspecified atom stereocenters. The van der Waals surface area contributed by atoms with Crippen molar-refractivity contribution in [2.75, 3.05) is 31.0 Å². The Morgan fingerprint density at radius 2 is 1.94 bits per heavy atom. The van der Waals surface area contributed by atoms with Crippen molar-refractivity contribution in [2.24, 2.45) is 0 Å². The number of rotatable bonds is 5. The number of amides is 1. The Bertz CT molecular complexity index is 1320. The Labute approximate surface area is 185 Å². The first kappa shape index (κ1) is 21.8. The Balaban J connectivity index is 1.61. The first-order valence-corrected chi connectivity index (χ1v) is 11.9. The number of nitrogens with zero attached hydrogens (tertiary/aromatic N) is 2. The molecule has 0 spiro atoms. The highest BCUT2D eigenvalue weighted by Crippen LogP contribution is 2.25. The van der Waals surface area contributed by atoms with Crippen LogP contribution in [0.4, 0.5) is 10.1 Å². The van der Waals surface area contributed by atoms with Gasteiger partial charge in [0.15, 0.2) is 0 Å². The van der Waals surface area contributed by atoms with Crippen LogP contribution in [0.15, 0.2) is 46.1 Å². The van der Waals surface area contributed by atoms with Crippen LogP contribution < -0.4 is 9.60 Å². The van der Waals surface area contributed by atoms with Crippen molar-refractivity contribution >= 4 is 54.8 Å². The van der Waals surface area contributed by atoms with E-state index in [1.807, 2.05) is 0 Å². The fourth-order valence-electron chi connectivity index (χ4n) is 3.19. The first-order valence-electron chi connectivity index (χ1n) is 9.21. The molecule has 2 heterocycles. The molecule has 12 heteroatoms. The van der Waals surface area contributed by atoms with Gasteiger partial charge in [-0.2, -0.15) is 0 Å². The molecule has 0 aliphatic carbocycles. The van der Waals surface area contributed by atoms with Crippen molar-refractivity contribution in [3.8, 4) is 0 Å². The van der Waals surface area contributed by atoms with Gasteiger partial charge in [0.25, 0.3) is 10.0 Å². The second kappa shape index (κ2) is 8.58. The smallest absolute Gasteiger partial charge is 0.308 e. The summed E-state index contributed by atoms with van der Waals surface area (Å²) in [5.74, 6) is -1.02. The lowest BCUT2D eigenvalue weighted by Crippen LogP contribution is -2.43. The van der Waals surface area contributed by atoms with Gasteiger partial charge in [0.05, 0.1) is 34.0 Å². The average Bonchev–Trinajstić information content (AvgIpc) is 3.05. The molecule has 8 nitrogen and oxygen atoms in total. The molecule has 0 atom stereocenters. The number of hydrogen-bond donors (Lipinski definition) is 1. The zero-order chi connectivity index (χ0) is 22.2. The highest BCUT2D eigenvalue weighted by molar-refractivity contribution is 7.92. The Morgan fingerprint density at radius 1 is 1.19 bits per heavy atom. The van der Waals surface area contributed by atoms with Gasteiger partial charge in [0, 0.05) is 18.1 Å². The maximum atomic E-state index is 14.0. The van der Waals surface area contributed by atoms with Crippen molar-refractivity contribution < 1.29 is 22.3 Å². The second-order valence-electron chi connectivity index (χ2n) is 6.81. The third-order valence-corrected chi connectivity index (χ3v) is 7.32. The number of halogens is 2. The topological polar surface area (TPSA) is 97.7 Å². The van der Waals surface area contributed by atoms with E-state index in [9.17, 15) is 22.4 Å². The van der Waals surface area contributed by atoms with Crippen LogP contribution in [-0.4, -0.2) is 50.1 Å². The summed E-state index contributed by atoms with van der Waals surface area (Å²) >= 11 is 6.53. The van der Waals surface area contributed by atoms with Crippen molar-refractivity contribution in [2.45, 2.75) is 11.4 Å². The summed E-state index contributed by atoms with van der Waals surface area (Å²) in [6.07, 6.45) is 0. The number of morpholine rings is 1. The predicted molar refractivity (Wildman–Crippen MR) is 116 cm³/mol. The van der Waals surface area contributed by atoms with E-state index in [1.54, 1.807) is 4.90 Å². The minimum atomic E-state index is -4.11. The summed E-state index contributed by atoms with van der Waals surface area (Å²) in [5, 5.41) is 0.139. The number of nitrogens with one attached hydrogen (secondary N) is 1. The molecule has 1 amide bonds. The number of benzene rings is 2. The number of ether oxygens (including phenoxy) is 1. The minimum absolute atomic E-state index is 0.137. The maximum Gasteiger partial charge on any atom is 0.308 e. The molecule has 0 radical (unpaired) electrons. The molecule has 164 valence electrons. The van der Waals surface area contributed by atoms with Gasteiger partial charge in [0.1, 0.15) is 12.4 Å². The molecule has 0 bridgehead atoms. The van der Waals surface area contributed by atoms with Crippen LogP contribution in [-0.2, 0) is 26.1 Å². The fraction of sp³-hybridized carbons (Fsp3) is 0.263. The number of fused-ring (bicyclic) bond motifs is 1. The molecule has 1 saturated heterocycles. The summed E-state index contributed by atoms with van der Waals surface area (Å²) < 4.78 is 48.5. The predicted octanol–water partition coefficient (Wildman–Crippen LogP) is 2.52. The lowest BCUT2D eigenvalue weighted by atomic mass is 10.3. The van der Waals surface area contributed by atoms with Crippen LogP contribution >= 0.6 is 22.9 Å². The number of hydrogen-bond acceptors (Lipinski definition) is 6. The van der Waals surface area contributed by atoms with Gasteiger partial charge in [-0.15, -0.1) is 0 Å². The van der Waals surface area contributed by atoms with Gasteiger partial charge in [-0.25, -0.2) is 12.8 Å². The molecule has 1 N–H and O–H groups in total. The first-order chi connectivity index (χ1) is 14.7. The van der Waals surface area contributed by atoms with E-state index in [2.05, 4.69) is 4.72 Å². The lowest BCUT2D eigenvalue weighted by Gasteiger charge is -2.26. The summed E-state index contributed by atoms with van der Waals surface area (Å²) in [6.45, 7) is 1.69. The fourth-order valence-corrected chi connectivity index (χ4v) is 5.44. The summed E-state index contributed by atoms with van der Waals surface area (Å²) in [4.78, 5) is 26.1. The van der Waals surface area contributed by atoms with E-state index in [0.29, 0.717) is 36.5 Å². The van der Waals surface area contributed by atoms with E-state index < -0.39 is 15.8 Å². The van der Waals surface area contributed by atoms with Crippen LogP contribution in [0.1, 0.15) is 0 Å². The molecule has 2 aromatic carbocycles. The van der Waals surface area contributed by atoms with Gasteiger partial charge < -0.3 is 9.64 Å². The molecular formula is C19H17ClFN3O5S2. The van der Waals surface area contributed by atoms with Crippen molar-refractivity contribution in [3.63, 3.8) is 0 Å². The van der Waals surface area contributed by atoms with E-state index >= 15 is 0 Å². The summed E-state index contributed by atoms with van der Waals surface area (Å²) in [5.41, 5.74) is 0.208. The summed E-state index contributed by atoms with van der Waals surface area (Å²) in [6, 6.07) is 7.68. The Hall–Kier alpha value is -2.47. The quantitative estimate of drug-likeness (QED) is 0.599. The number of thiazole rings is 1. The van der Waals surface area contributed by atoms with Crippen molar-refractivity contribution in [1.82, 2.24) is 9.47 Å². The molecule has 4 rings (SSSR count). The largest absolute Gasteiger partial charge is 0.378 e. The highest BCUT2D eigenvalue weighted by Gasteiger charge is 2.21. The zero-order valence-corrected chi connectivity index (χ0v) is 18.4. The normalized spacial score (nSPS) is 14.7. The van der Waals surface area contributed by atoms with Crippen LogP contribution in [0.5, 0.6) is 0 Å². The molecule has 1 aromatic heterocycles. The number of carbonyl (C=O) groups excluding carboxylic acids is 1. The molecule has 1 aliphatic heterocycles. The van der Waals surface area contributed by atoms with Gasteiger partial charge >= 0.3 is 4.87 Å². The monoisotopic (exact) mass is 485 g/mol. The number of anilines is 1. The molecule has 31 heavy (non-hydrogen) atoms. The van der Waals surface area contributed by atoms with Gasteiger partial charge in [-0.1, -0.05) is 22.9 Å². The minimum Gasteiger partial charge on any atom is -0.378 e. The average molecular weight is 486 g/mol. The second-order valence-corrected chi connectivity index (χ2v) is 9.92. The Kier molecular flexibility index (Phi) is 6.02. The van der Waals surface area contributed by atoms with Crippen LogP contribution in [0.2, 0.25) is 5.02 Å². The third-order valence-electron chi connectivity index (χ3n) is 4.78. The lowest BCUT2D eigenvalue weighted by molar-refractivity contribution is -0.135. The molecular weight excluding hydrogens is 469 g/mol. The van der Waals surface area contributed by atoms with E-state index in [-0.39, 0.29) is 32.9 Å². The molecule has 1 fully saturated rings. The molecule has 0 saturated carbocycles. The van der Waals surface area contributed by atoms with Gasteiger partial charge in [0.2, 0.25) is 5.91 Å². The van der Waals surface area contributed by atoms with Crippen LogP contribution in [0.3, 0.4) is 0 Å². The number of carbonyl (C=O) groups is 1. The van der Waals surface area contributed by atoms with E-state index in [1.165, 1.54) is 34.9 Å². The number of aromatic nitrogens is 1. The van der Waals surface area contributed by atoms with E-state index in [4.69, 9.17) is 16.3 Å². The molecule has 3 aromatic rings. The van der Waals surface area contributed by atoms with Gasteiger partial charge in [-0.05, 0) is 36.4 Å². The zero-order valence-electron chi connectivity index (χ0n) is 16.0. The van der Waals surface area contributed by atoms with E-state index in [0.717, 1.165) is 17.4 Å². The van der Waals surface area contributed by atoms with Crippen LogP contribution in [0, 0.1) is 5.82 Å². The molecule has 1 aliphatic rings. The standard InChI is InChI=1S/C19H17ClFN3O5S2/c20-12-1-3-15(14(21)9-12)22-31(27,28)13-2-4-16-17(10-13)30-19(26)24(16)11-18(25)23-5-7-29-8-6-23/h1-4,9-10,22H,5-8,11H2. The van der Waals surface area contributed by atoms with Gasteiger partial charge in [-0.3, -0.25) is 18.9 Å². The summed E-state index contributed by atoms with van der Waals surface area (Å²) in [7, 11) is -4.11. The number of sulfonamides is 1. The Morgan fingerprint density at radius 3 is 2.65 bits per heavy atom.